The highest BCUT2D eigenvalue weighted by molar-refractivity contribution is 6.22. The van der Waals surface area contributed by atoms with Crippen LogP contribution in [-0.4, -0.2) is 71.9 Å². The van der Waals surface area contributed by atoms with Crippen molar-refractivity contribution in [1.29, 1.82) is 0 Å². The zero-order valence-electron chi connectivity index (χ0n) is 14.9. The fourth-order valence-corrected chi connectivity index (χ4v) is 2.74. The fourth-order valence-electron chi connectivity index (χ4n) is 2.74. The number of hydrogen-bond donors (Lipinski definition) is 1. The van der Waals surface area contributed by atoms with Gasteiger partial charge in [-0.15, -0.1) is 0 Å². The van der Waals surface area contributed by atoms with Gasteiger partial charge in [0.15, 0.2) is 0 Å². The highest BCUT2D eigenvalue weighted by atomic mass is 16.5. The summed E-state index contributed by atoms with van der Waals surface area (Å²) in [6.45, 7) is 2.12. The standard InChI is InChI=1S/C18H22N2O6/c1-3-4-7-20-17(24)13-6-5-12(10-14(13)18(20)25)16(23)19(8-9-26-2)11-15(21)22/h5-6,10H,3-4,7-9,11H2,1-2H3,(H,21,22). The Morgan fingerprint density at radius 1 is 1.19 bits per heavy atom. The van der Waals surface area contributed by atoms with E-state index in [1.54, 1.807) is 0 Å². The van der Waals surface area contributed by atoms with Crippen molar-refractivity contribution in [3.63, 3.8) is 0 Å². The number of nitrogens with zero attached hydrogens (tertiary/aromatic N) is 2. The second-order valence-electron chi connectivity index (χ2n) is 5.99. The van der Waals surface area contributed by atoms with Gasteiger partial charge in [0.25, 0.3) is 17.7 Å². The number of hydrogen-bond acceptors (Lipinski definition) is 5. The van der Waals surface area contributed by atoms with Crippen molar-refractivity contribution in [3.05, 3.63) is 34.9 Å². The van der Waals surface area contributed by atoms with Crippen molar-refractivity contribution in [2.75, 3.05) is 33.4 Å². The van der Waals surface area contributed by atoms with Gasteiger partial charge in [-0.1, -0.05) is 13.3 Å². The van der Waals surface area contributed by atoms with Gasteiger partial charge in [-0.25, -0.2) is 0 Å². The summed E-state index contributed by atoms with van der Waals surface area (Å²) >= 11 is 0. The van der Waals surface area contributed by atoms with E-state index in [1.807, 2.05) is 6.92 Å². The second-order valence-corrected chi connectivity index (χ2v) is 5.99. The fraction of sp³-hybridized carbons (Fsp3) is 0.444. The van der Waals surface area contributed by atoms with Gasteiger partial charge in [0.2, 0.25) is 0 Å². The van der Waals surface area contributed by atoms with E-state index >= 15 is 0 Å². The van der Waals surface area contributed by atoms with Crippen molar-refractivity contribution in [2.24, 2.45) is 0 Å². The van der Waals surface area contributed by atoms with Crippen LogP contribution in [0.3, 0.4) is 0 Å². The van der Waals surface area contributed by atoms with Gasteiger partial charge in [0, 0.05) is 25.8 Å². The zero-order valence-corrected chi connectivity index (χ0v) is 14.9. The number of unbranched alkanes of at least 4 members (excludes halogenated alkanes) is 1. The molecule has 0 fully saturated rings. The average Bonchev–Trinajstić information content (AvgIpc) is 2.86. The summed E-state index contributed by atoms with van der Waals surface area (Å²) in [6, 6.07) is 4.26. The largest absolute Gasteiger partial charge is 0.480 e. The lowest BCUT2D eigenvalue weighted by Crippen LogP contribution is -2.38. The molecule has 0 saturated heterocycles. The summed E-state index contributed by atoms with van der Waals surface area (Å²) in [7, 11) is 1.45. The Hall–Kier alpha value is -2.74. The van der Waals surface area contributed by atoms with Crippen LogP contribution in [0.2, 0.25) is 0 Å². The lowest BCUT2D eigenvalue weighted by Gasteiger charge is -2.20. The number of carboxylic acids is 1. The third-order valence-electron chi connectivity index (χ3n) is 4.13. The smallest absolute Gasteiger partial charge is 0.323 e. The Labute approximate surface area is 151 Å². The molecule has 140 valence electrons. The molecule has 0 radical (unpaired) electrons. The third kappa shape index (κ3) is 4.08. The third-order valence-corrected chi connectivity index (χ3v) is 4.13. The molecule has 1 N–H and O–H groups in total. The molecule has 0 bridgehead atoms. The van der Waals surface area contributed by atoms with Crippen LogP contribution in [-0.2, 0) is 9.53 Å². The van der Waals surface area contributed by atoms with Gasteiger partial charge in [0.1, 0.15) is 6.54 Å². The van der Waals surface area contributed by atoms with Crippen LogP contribution in [0, 0.1) is 0 Å². The zero-order chi connectivity index (χ0) is 19.3. The van der Waals surface area contributed by atoms with Crippen LogP contribution in [0.4, 0.5) is 0 Å². The topological polar surface area (TPSA) is 104 Å². The first-order valence-corrected chi connectivity index (χ1v) is 8.41. The summed E-state index contributed by atoms with van der Waals surface area (Å²) in [6.07, 6.45) is 1.56. The second kappa shape index (κ2) is 8.57. The van der Waals surface area contributed by atoms with Gasteiger partial charge < -0.3 is 14.7 Å². The predicted octanol–water partition coefficient (Wildman–Crippen LogP) is 1.26. The first kappa shape index (κ1) is 19.6. The van der Waals surface area contributed by atoms with Gasteiger partial charge in [-0.3, -0.25) is 24.1 Å². The Morgan fingerprint density at radius 3 is 2.50 bits per heavy atom. The molecule has 1 aliphatic heterocycles. The Balaban J connectivity index is 2.26. The van der Waals surface area contributed by atoms with E-state index in [9.17, 15) is 19.2 Å². The molecule has 1 aromatic rings. The Morgan fingerprint density at radius 2 is 1.88 bits per heavy atom. The van der Waals surface area contributed by atoms with E-state index in [4.69, 9.17) is 9.84 Å². The van der Waals surface area contributed by atoms with Crippen molar-refractivity contribution < 1.29 is 29.0 Å². The number of benzene rings is 1. The number of carbonyl (C=O) groups is 4. The average molecular weight is 362 g/mol. The molecule has 1 aliphatic rings. The van der Waals surface area contributed by atoms with E-state index in [1.165, 1.54) is 30.2 Å². The van der Waals surface area contributed by atoms with Crippen molar-refractivity contribution >= 4 is 23.7 Å². The quantitative estimate of drug-likeness (QED) is 0.663. The van der Waals surface area contributed by atoms with Crippen LogP contribution in [0.1, 0.15) is 50.8 Å². The van der Waals surface area contributed by atoms with E-state index in [0.717, 1.165) is 11.3 Å². The SMILES string of the molecule is CCCCN1C(=O)c2ccc(C(=O)N(CCOC)CC(=O)O)cc2C1=O. The van der Waals surface area contributed by atoms with Crippen LogP contribution in [0.25, 0.3) is 0 Å². The first-order valence-electron chi connectivity index (χ1n) is 8.41. The normalized spacial score (nSPS) is 13.1. The molecule has 8 heteroatoms. The monoisotopic (exact) mass is 362 g/mol. The summed E-state index contributed by atoms with van der Waals surface area (Å²) < 4.78 is 4.90. The molecule has 1 aromatic carbocycles. The van der Waals surface area contributed by atoms with Crippen LogP contribution >= 0.6 is 0 Å². The molecule has 0 spiro atoms. The molecule has 0 aromatic heterocycles. The lowest BCUT2D eigenvalue weighted by molar-refractivity contribution is -0.137. The Kier molecular flexibility index (Phi) is 6.46. The molecule has 26 heavy (non-hydrogen) atoms. The predicted molar refractivity (Wildman–Crippen MR) is 92.1 cm³/mol. The number of ether oxygens (including phenoxy) is 1. The van der Waals surface area contributed by atoms with Crippen LogP contribution in [0.5, 0.6) is 0 Å². The molecular formula is C18H22N2O6. The van der Waals surface area contributed by atoms with Crippen LogP contribution < -0.4 is 0 Å². The minimum Gasteiger partial charge on any atom is -0.480 e. The number of methoxy groups -OCH3 is 1. The summed E-state index contributed by atoms with van der Waals surface area (Å²) in [4.78, 5) is 50.7. The number of imide groups is 1. The van der Waals surface area contributed by atoms with E-state index in [-0.39, 0.29) is 35.7 Å². The molecule has 0 aliphatic carbocycles. The number of rotatable bonds is 9. The molecular weight excluding hydrogens is 340 g/mol. The molecule has 1 heterocycles. The number of carboxylic acid groups (broad SMARTS) is 1. The first-order chi connectivity index (χ1) is 12.4. The van der Waals surface area contributed by atoms with Gasteiger partial charge >= 0.3 is 5.97 Å². The highest BCUT2D eigenvalue weighted by Crippen LogP contribution is 2.25. The maximum Gasteiger partial charge on any atom is 0.323 e. The number of aliphatic carboxylic acids is 1. The lowest BCUT2D eigenvalue weighted by atomic mass is 10.0. The Bertz CT molecular complexity index is 730. The number of carbonyl (C=O) groups excluding carboxylic acids is 3. The summed E-state index contributed by atoms with van der Waals surface area (Å²) in [5.74, 6) is -2.46. The maximum absolute atomic E-state index is 12.6. The molecule has 3 amide bonds. The molecule has 0 saturated carbocycles. The van der Waals surface area contributed by atoms with Crippen LogP contribution in [0.15, 0.2) is 18.2 Å². The molecule has 8 nitrogen and oxygen atoms in total. The molecule has 0 atom stereocenters. The van der Waals surface area contributed by atoms with Crippen molar-refractivity contribution in [2.45, 2.75) is 19.8 Å². The van der Waals surface area contributed by atoms with E-state index < -0.39 is 24.3 Å². The molecule has 2 rings (SSSR count). The number of fused-ring (bicyclic) bond motifs is 1. The van der Waals surface area contributed by atoms with E-state index in [0.29, 0.717) is 13.0 Å². The van der Waals surface area contributed by atoms with E-state index in [2.05, 4.69) is 0 Å². The summed E-state index contributed by atoms with van der Waals surface area (Å²) in [5.41, 5.74) is 0.614. The van der Waals surface area contributed by atoms with Gasteiger partial charge in [-0.2, -0.15) is 0 Å². The maximum atomic E-state index is 12.6. The summed E-state index contributed by atoms with van der Waals surface area (Å²) in [5, 5.41) is 8.99. The van der Waals surface area contributed by atoms with Gasteiger partial charge in [-0.05, 0) is 24.6 Å². The van der Waals surface area contributed by atoms with Crippen molar-refractivity contribution in [3.8, 4) is 0 Å². The minimum atomic E-state index is -1.15. The number of amides is 3. The highest BCUT2D eigenvalue weighted by Gasteiger charge is 2.35. The van der Waals surface area contributed by atoms with Gasteiger partial charge in [0.05, 0.1) is 17.7 Å². The molecule has 0 unspecified atom stereocenters. The minimum absolute atomic E-state index is 0.105. The van der Waals surface area contributed by atoms with Crippen molar-refractivity contribution in [1.82, 2.24) is 9.80 Å².